The van der Waals surface area contributed by atoms with Crippen LogP contribution >= 0.6 is 27.5 Å². The van der Waals surface area contributed by atoms with Crippen molar-refractivity contribution in [2.24, 2.45) is 5.41 Å². The SMILES string of the molecule is Cc1cc(Cl)ccc1OCC1(CBr)CC1. The van der Waals surface area contributed by atoms with Crippen molar-refractivity contribution in [1.29, 1.82) is 0 Å². The van der Waals surface area contributed by atoms with E-state index in [0.29, 0.717) is 5.41 Å². The summed E-state index contributed by atoms with van der Waals surface area (Å²) in [5, 5.41) is 1.80. The first-order valence-corrected chi connectivity index (χ1v) is 6.60. The number of halogens is 2. The van der Waals surface area contributed by atoms with Crippen LogP contribution in [0.2, 0.25) is 5.02 Å². The van der Waals surface area contributed by atoms with Crippen molar-refractivity contribution in [3.05, 3.63) is 28.8 Å². The Hall–Kier alpha value is -0.210. The normalized spacial score (nSPS) is 17.5. The summed E-state index contributed by atoms with van der Waals surface area (Å²) in [6.07, 6.45) is 2.54. The van der Waals surface area contributed by atoms with E-state index in [-0.39, 0.29) is 0 Å². The van der Waals surface area contributed by atoms with Crippen LogP contribution in [0.4, 0.5) is 0 Å². The molecular formula is C12H14BrClO. The van der Waals surface area contributed by atoms with Crippen LogP contribution in [-0.2, 0) is 0 Å². The van der Waals surface area contributed by atoms with Crippen LogP contribution in [0.3, 0.4) is 0 Å². The highest BCUT2D eigenvalue weighted by atomic mass is 79.9. The van der Waals surface area contributed by atoms with Crippen molar-refractivity contribution in [1.82, 2.24) is 0 Å². The highest BCUT2D eigenvalue weighted by molar-refractivity contribution is 9.09. The number of hydrogen-bond donors (Lipinski definition) is 0. The molecule has 1 aromatic rings. The van der Waals surface area contributed by atoms with Crippen molar-refractivity contribution >= 4 is 27.5 Å². The van der Waals surface area contributed by atoms with Crippen LogP contribution < -0.4 is 4.74 Å². The second-order valence-electron chi connectivity index (χ2n) is 4.33. The Morgan fingerprint density at radius 2 is 2.20 bits per heavy atom. The van der Waals surface area contributed by atoms with Gasteiger partial charge in [-0.25, -0.2) is 0 Å². The molecule has 1 aliphatic carbocycles. The van der Waals surface area contributed by atoms with E-state index in [1.807, 2.05) is 25.1 Å². The molecule has 1 fully saturated rings. The molecule has 1 aromatic carbocycles. The lowest BCUT2D eigenvalue weighted by molar-refractivity contribution is 0.250. The summed E-state index contributed by atoms with van der Waals surface area (Å²) in [6, 6.07) is 5.75. The van der Waals surface area contributed by atoms with Gasteiger partial charge in [0.2, 0.25) is 0 Å². The molecule has 0 radical (unpaired) electrons. The Balaban J connectivity index is 1.99. The van der Waals surface area contributed by atoms with Crippen LogP contribution in [0.15, 0.2) is 18.2 Å². The zero-order chi connectivity index (χ0) is 10.9. The molecule has 2 rings (SSSR count). The molecule has 0 heterocycles. The molecule has 3 heteroatoms. The Kier molecular flexibility index (Phi) is 3.27. The van der Waals surface area contributed by atoms with E-state index < -0.39 is 0 Å². The van der Waals surface area contributed by atoms with Gasteiger partial charge in [-0.3, -0.25) is 0 Å². The smallest absolute Gasteiger partial charge is 0.122 e. The van der Waals surface area contributed by atoms with Crippen LogP contribution in [0, 0.1) is 12.3 Å². The average molecular weight is 290 g/mol. The van der Waals surface area contributed by atoms with Gasteiger partial charge in [-0.05, 0) is 43.5 Å². The summed E-state index contributed by atoms with van der Waals surface area (Å²) in [5.41, 5.74) is 1.50. The summed E-state index contributed by atoms with van der Waals surface area (Å²) in [5.74, 6) is 0.951. The Bertz CT molecular complexity index is 361. The first-order chi connectivity index (χ1) is 7.15. The molecule has 0 spiro atoms. The second-order valence-corrected chi connectivity index (χ2v) is 5.33. The molecule has 1 aliphatic rings. The van der Waals surface area contributed by atoms with Crippen molar-refractivity contribution in [3.63, 3.8) is 0 Å². The fourth-order valence-corrected chi connectivity index (χ4v) is 2.45. The lowest BCUT2D eigenvalue weighted by Crippen LogP contribution is -2.14. The molecule has 0 unspecified atom stereocenters. The fourth-order valence-electron chi connectivity index (χ4n) is 1.50. The summed E-state index contributed by atoms with van der Waals surface area (Å²) in [6.45, 7) is 2.83. The third-order valence-electron chi connectivity index (χ3n) is 2.91. The average Bonchev–Trinajstić information content (AvgIpc) is 2.97. The van der Waals surface area contributed by atoms with E-state index in [1.165, 1.54) is 12.8 Å². The van der Waals surface area contributed by atoms with Crippen molar-refractivity contribution in [2.75, 3.05) is 11.9 Å². The summed E-state index contributed by atoms with van der Waals surface area (Å²) >= 11 is 9.42. The maximum atomic E-state index is 5.88. The van der Waals surface area contributed by atoms with Gasteiger partial charge in [-0.15, -0.1) is 0 Å². The molecule has 0 aliphatic heterocycles. The molecule has 0 amide bonds. The molecule has 15 heavy (non-hydrogen) atoms. The zero-order valence-electron chi connectivity index (χ0n) is 8.72. The third-order valence-corrected chi connectivity index (χ3v) is 4.34. The van der Waals surface area contributed by atoms with Crippen LogP contribution in [0.5, 0.6) is 5.75 Å². The van der Waals surface area contributed by atoms with Gasteiger partial charge in [0.1, 0.15) is 5.75 Å². The first kappa shape index (κ1) is 11.3. The topological polar surface area (TPSA) is 9.23 Å². The number of alkyl halides is 1. The van der Waals surface area contributed by atoms with Gasteiger partial charge in [-0.2, -0.15) is 0 Å². The van der Waals surface area contributed by atoms with Crippen LogP contribution in [0.1, 0.15) is 18.4 Å². The number of rotatable bonds is 4. The van der Waals surface area contributed by atoms with E-state index in [4.69, 9.17) is 16.3 Å². The molecule has 0 atom stereocenters. The number of benzene rings is 1. The molecule has 1 saturated carbocycles. The number of hydrogen-bond acceptors (Lipinski definition) is 1. The van der Waals surface area contributed by atoms with E-state index in [0.717, 1.165) is 28.3 Å². The first-order valence-electron chi connectivity index (χ1n) is 5.10. The minimum Gasteiger partial charge on any atom is -0.493 e. The summed E-state index contributed by atoms with van der Waals surface area (Å²) in [7, 11) is 0. The monoisotopic (exact) mass is 288 g/mol. The standard InChI is InChI=1S/C12H14BrClO/c1-9-6-10(14)2-3-11(9)15-8-12(7-13)4-5-12/h2-3,6H,4-5,7-8H2,1H3. The number of aryl methyl sites for hydroxylation is 1. The van der Waals surface area contributed by atoms with Crippen molar-refractivity contribution < 1.29 is 4.74 Å². The summed E-state index contributed by atoms with van der Waals surface area (Å²) < 4.78 is 5.82. The predicted octanol–water partition coefficient (Wildman–Crippen LogP) is 4.20. The Morgan fingerprint density at radius 1 is 1.47 bits per heavy atom. The molecule has 0 saturated heterocycles. The highest BCUT2D eigenvalue weighted by Crippen LogP contribution is 2.47. The molecule has 0 bridgehead atoms. The molecular weight excluding hydrogens is 275 g/mol. The minimum atomic E-state index is 0.395. The second kappa shape index (κ2) is 4.34. The summed E-state index contributed by atoms with van der Waals surface area (Å²) in [4.78, 5) is 0. The van der Waals surface area contributed by atoms with Crippen LogP contribution in [-0.4, -0.2) is 11.9 Å². The largest absolute Gasteiger partial charge is 0.493 e. The van der Waals surface area contributed by atoms with Gasteiger partial charge in [0.25, 0.3) is 0 Å². The Morgan fingerprint density at radius 3 is 2.73 bits per heavy atom. The maximum absolute atomic E-state index is 5.88. The maximum Gasteiger partial charge on any atom is 0.122 e. The highest BCUT2D eigenvalue weighted by Gasteiger charge is 2.42. The van der Waals surface area contributed by atoms with E-state index in [1.54, 1.807) is 0 Å². The van der Waals surface area contributed by atoms with Gasteiger partial charge in [0, 0.05) is 15.8 Å². The van der Waals surface area contributed by atoms with Crippen molar-refractivity contribution in [3.8, 4) is 5.75 Å². The fraction of sp³-hybridized carbons (Fsp3) is 0.500. The third kappa shape index (κ3) is 2.67. The molecule has 0 N–H and O–H groups in total. The van der Waals surface area contributed by atoms with Gasteiger partial charge in [-0.1, -0.05) is 27.5 Å². The van der Waals surface area contributed by atoms with Gasteiger partial charge in [0.05, 0.1) is 6.61 Å². The lowest BCUT2D eigenvalue weighted by Gasteiger charge is -2.14. The van der Waals surface area contributed by atoms with Gasteiger partial charge >= 0.3 is 0 Å². The van der Waals surface area contributed by atoms with Gasteiger partial charge in [0.15, 0.2) is 0 Å². The van der Waals surface area contributed by atoms with Crippen LogP contribution in [0.25, 0.3) is 0 Å². The van der Waals surface area contributed by atoms with Crippen molar-refractivity contribution in [2.45, 2.75) is 19.8 Å². The quantitative estimate of drug-likeness (QED) is 0.755. The molecule has 0 aromatic heterocycles. The van der Waals surface area contributed by atoms with Gasteiger partial charge < -0.3 is 4.74 Å². The van der Waals surface area contributed by atoms with E-state index in [2.05, 4.69) is 15.9 Å². The molecule has 82 valence electrons. The molecule has 1 nitrogen and oxygen atoms in total. The van der Waals surface area contributed by atoms with E-state index >= 15 is 0 Å². The predicted molar refractivity (Wildman–Crippen MR) is 67.1 cm³/mol. The van der Waals surface area contributed by atoms with E-state index in [9.17, 15) is 0 Å². The number of ether oxygens (including phenoxy) is 1. The minimum absolute atomic E-state index is 0.395. The Labute approximate surface area is 104 Å². The zero-order valence-corrected chi connectivity index (χ0v) is 11.1. The lowest BCUT2D eigenvalue weighted by atomic mass is 10.1.